The second-order valence-corrected chi connectivity index (χ2v) is 4.95. The third kappa shape index (κ3) is 4.87. The number of halogens is 3. The van der Waals surface area contributed by atoms with Gasteiger partial charge in [-0.15, -0.1) is 0 Å². The van der Waals surface area contributed by atoms with Crippen molar-refractivity contribution < 1.29 is 17.9 Å². The van der Waals surface area contributed by atoms with E-state index in [0.717, 1.165) is 0 Å². The first kappa shape index (κ1) is 14.7. The van der Waals surface area contributed by atoms with Crippen molar-refractivity contribution in [1.82, 2.24) is 9.97 Å². The Morgan fingerprint density at radius 2 is 1.83 bits per heavy atom. The van der Waals surface area contributed by atoms with Crippen molar-refractivity contribution in [2.45, 2.75) is 39.0 Å². The summed E-state index contributed by atoms with van der Waals surface area (Å²) in [6.07, 6.45) is -4.35. The molecule has 0 radical (unpaired) electrons. The summed E-state index contributed by atoms with van der Waals surface area (Å²) in [5.74, 6) is 0.379. The summed E-state index contributed by atoms with van der Waals surface area (Å²) in [4.78, 5) is 7.98. The monoisotopic (exact) mass is 263 g/mol. The Bertz CT molecular complexity index is 413. The molecule has 0 aliphatic heterocycles. The van der Waals surface area contributed by atoms with Gasteiger partial charge in [0.15, 0.2) is 5.82 Å². The zero-order chi connectivity index (χ0) is 14.0. The van der Waals surface area contributed by atoms with E-state index in [2.05, 4.69) is 14.7 Å². The summed E-state index contributed by atoms with van der Waals surface area (Å²) in [6, 6.07) is 1.60. The maximum absolute atomic E-state index is 11.9. The second kappa shape index (κ2) is 5.09. The number of ether oxygens (including phenoxy) is 1. The number of aromatic nitrogens is 2. The van der Waals surface area contributed by atoms with Crippen molar-refractivity contribution in [1.29, 1.82) is 0 Å². The molecule has 1 aromatic heterocycles. The van der Waals surface area contributed by atoms with E-state index in [4.69, 9.17) is 5.73 Å². The largest absolute Gasteiger partial charge is 0.411 e. The van der Waals surface area contributed by atoms with Gasteiger partial charge < -0.3 is 10.5 Å². The van der Waals surface area contributed by atoms with Crippen molar-refractivity contribution in [2.75, 3.05) is 12.3 Å². The fraction of sp³-hybridized carbons (Fsp3) is 0.636. The van der Waals surface area contributed by atoms with E-state index >= 15 is 0 Å². The number of nitrogens with zero attached hydrogens (tertiary/aromatic N) is 2. The Morgan fingerprint density at radius 1 is 1.22 bits per heavy atom. The summed E-state index contributed by atoms with van der Waals surface area (Å²) in [6.45, 7) is 4.14. The maximum atomic E-state index is 11.9. The van der Waals surface area contributed by atoms with E-state index in [0.29, 0.717) is 5.69 Å². The normalized spacial score (nSPS) is 12.8. The number of hydrogen-bond donors (Lipinski definition) is 1. The van der Waals surface area contributed by atoms with Gasteiger partial charge in [-0.25, -0.2) is 9.97 Å². The third-order valence-corrected chi connectivity index (χ3v) is 2.06. The van der Waals surface area contributed by atoms with Crippen LogP contribution in [0.15, 0.2) is 6.07 Å². The number of nitrogen functional groups attached to an aromatic ring is 1. The van der Waals surface area contributed by atoms with Crippen molar-refractivity contribution in [2.24, 2.45) is 0 Å². The van der Waals surface area contributed by atoms with E-state index in [-0.39, 0.29) is 23.7 Å². The molecule has 0 atom stereocenters. The molecule has 18 heavy (non-hydrogen) atoms. The van der Waals surface area contributed by atoms with Crippen LogP contribution >= 0.6 is 0 Å². The highest BCUT2D eigenvalue weighted by atomic mass is 19.4. The van der Waals surface area contributed by atoms with Crippen LogP contribution in [0.2, 0.25) is 0 Å². The van der Waals surface area contributed by atoms with Gasteiger partial charge in [-0.2, -0.15) is 13.2 Å². The predicted octanol–water partition coefficient (Wildman–Crippen LogP) is 2.44. The van der Waals surface area contributed by atoms with Crippen LogP contribution < -0.4 is 5.73 Å². The molecular weight excluding hydrogens is 247 g/mol. The fourth-order valence-corrected chi connectivity index (χ4v) is 1.22. The number of nitrogens with two attached hydrogens (primary N) is 1. The molecule has 0 bridgehead atoms. The van der Waals surface area contributed by atoms with Gasteiger partial charge in [0.1, 0.15) is 19.0 Å². The molecule has 0 fully saturated rings. The molecule has 0 unspecified atom stereocenters. The summed E-state index contributed by atoms with van der Waals surface area (Å²) in [5.41, 5.74) is 6.00. The molecular formula is C11H16F3N3O. The minimum absolute atomic E-state index is 0.157. The molecule has 0 amide bonds. The van der Waals surface area contributed by atoms with E-state index in [1.165, 1.54) is 0 Å². The van der Waals surface area contributed by atoms with Crippen LogP contribution in [0.3, 0.4) is 0 Å². The van der Waals surface area contributed by atoms with Crippen LogP contribution in [0.5, 0.6) is 0 Å². The topological polar surface area (TPSA) is 61.0 Å². The molecule has 7 heteroatoms. The molecule has 1 rings (SSSR count). The molecule has 0 saturated carbocycles. The zero-order valence-corrected chi connectivity index (χ0v) is 10.5. The quantitative estimate of drug-likeness (QED) is 0.909. The Labute approximate surface area is 103 Å². The van der Waals surface area contributed by atoms with Gasteiger partial charge in [-0.1, -0.05) is 20.8 Å². The van der Waals surface area contributed by atoms with Gasteiger partial charge in [0.2, 0.25) is 0 Å². The minimum Gasteiger partial charge on any atom is -0.384 e. The average Bonchev–Trinajstić information content (AvgIpc) is 2.13. The van der Waals surface area contributed by atoms with Crippen LogP contribution in [0.25, 0.3) is 0 Å². The predicted molar refractivity (Wildman–Crippen MR) is 60.9 cm³/mol. The molecule has 0 aliphatic carbocycles. The van der Waals surface area contributed by atoms with Gasteiger partial charge in [-0.05, 0) is 0 Å². The lowest BCUT2D eigenvalue weighted by molar-refractivity contribution is -0.177. The van der Waals surface area contributed by atoms with Gasteiger partial charge in [0.25, 0.3) is 0 Å². The van der Waals surface area contributed by atoms with E-state index in [1.807, 2.05) is 20.8 Å². The molecule has 4 nitrogen and oxygen atoms in total. The number of anilines is 1. The average molecular weight is 263 g/mol. The highest BCUT2D eigenvalue weighted by Crippen LogP contribution is 2.21. The molecule has 1 heterocycles. The van der Waals surface area contributed by atoms with Crippen LogP contribution in [-0.2, 0) is 16.8 Å². The third-order valence-electron chi connectivity index (χ3n) is 2.06. The molecule has 0 saturated heterocycles. The zero-order valence-electron chi connectivity index (χ0n) is 10.5. The summed E-state index contributed by atoms with van der Waals surface area (Å²) in [7, 11) is 0. The lowest BCUT2D eigenvalue weighted by Crippen LogP contribution is -2.19. The Kier molecular flexibility index (Phi) is 4.16. The molecule has 0 aromatic carbocycles. The van der Waals surface area contributed by atoms with Gasteiger partial charge in [-0.3, -0.25) is 0 Å². The lowest BCUT2D eigenvalue weighted by Gasteiger charge is -2.18. The summed E-state index contributed by atoms with van der Waals surface area (Å²) < 4.78 is 40.2. The molecule has 2 N–H and O–H groups in total. The van der Waals surface area contributed by atoms with E-state index in [9.17, 15) is 13.2 Å². The fourth-order valence-electron chi connectivity index (χ4n) is 1.22. The first-order valence-corrected chi connectivity index (χ1v) is 5.36. The van der Waals surface area contributed by atoms with Crippen LogP contribution in [0, 0.1) is 0 Å². The Morgan fingerprint density at radius 3 is 2.33 bits per heavy atom. The van der Waals surface area contributed by atoms with Crippen LogP contribution in [0.4, 0.5) is 19.0 Å². The number of alkyl halides is 3. The SMILES string of the molecule is CC(C)(C)c1cc(N)nc(COCC(F)(F)F)n1. The highest BCUT2D eigenvalue weighted by molar-refractivity contribution is 5.32. The van der Waals surface area contributed by atoms with Crippen molar-refractivity contribution >= 4 is 5.82 Å². The molecule has 1 aromatic rings. The Balaban J connectivity index is 2.75. The van der Waals surface area contributed by atoms with E-state index in [1.54, 1.807) is 6.07 Å². The van der Waals surface area contributed by atoms with Crippen LogP contribution in [0.1, 0.15) is 32.3 Å². The number of rotatable bonds is 3. The first-order valence-electron chi connectivity index (χ1n) is 5.36. The first-order chi connectivity index (χ1) is 8.08. The van der Waals surface area contributed by atoms with Crippen molar-refractivity contribution in [3.8, 4) is 0 Å². The number of hydrogen-bond acceptors (Lipinski definition) is 4. The van der Waals surface area contributed by atoms with Gasteiger partial charge >= 0.3 is 6.18 Å². The minimum atomic E-state index is -4.35. The van der Waals surface area contributed by atoms with Gasteiger partial charge in [0, 0.05) is 11.5 Å². The lowest BCUT2D eigenvalue weighted by atomic mass is 9.92. The van der Waals surface area contributed by atoms with E-state index < -0.39 is 12.8 Å². The molecule has 0 spiro atoms. The van der Waals surface area contributed by atoms with Crippen molar-refractivity contribution in [3.05, 3.63) is 17.6 Å². The Hall–Kier alpha value is -1.37. The van der Waals surface area contributed by atoms with Gasteiger partial charge in [0.05, 0.1) is 5.69 Å². The standard InChI is InChI=1S/C11H16F3N3O/c1-10(2,3)7-4-8(15)17-9(16-7)5-18-6-11(12,13)14/h4H,5-6H2,1-3H3,(H2,15,16,17). The summed E-state index contributed by atoms with van der Waals surface area (Å²) >= 11 is 0. The highest BCUT2D eigenvalue weighted by Gasteiger charge is 2.27. The summed E-state index contributed by atoms with van der Waals surface area (Å²) in [5, 5.41) is 0. The smallest absolute Gasteiger partial charge is 0.384 e. The van der Waals surface area contributed by atoms with Crippen molar-refractivity contribution in [3.63, 3.8) is 0 Å². The van der Waals surface area contributed by atoms with Crippen LogP contribution in [-0.4, -0.2) is 22.8 Å². The maximum Gasteiger partial charge on any atom is 0.411 e. The molecule has 0 aliphatic rings. The molecule has 102 valence electrons. The second-order valence-electron chi connectivity index (χ2n) is 4.95.